The van der Waals surface area contributed by atoms with Crippen LogP contribution in [0.3, 0.4) is 0 Å². The number of nitrogens with zero attached hydrogens (tertiary/aromatic N) is 5. The number of imidazole rings is 1. The lowest BCUT2D eigenvalue weighted by molar-refractivity contribution is 0.300. The summed E-state index contributed by atoms with van der Waals surface area (Å²) in [4.78, 5) is 9.57. The molecular weight excluding hydrogens is 401 g/mol. The van der Waals surface area contributed by atoms with Gasteiger partial charge in [0.25, 0.3) is 0 Å². The molecule has 0 radical (unpaired) electrons. The number of hydrogen-bond donors (Lipinski definition) is 0. The van der Waals surface area contributed by atoms with Gasteiger partial charge in [-0.3, -0.25) is 9.30 Å². The van der Waals surface area contributed by atoms with Crippen LogP contribution >= 0.6 is 0 Å². The van der Waals surface area contributed by atoms with Gasteiger partial charge >= 0.3 is 0 Å². The van der Waals surface area contributed by atoms with E-state index in [1.165, 1.54) is 12.1 Å². The van der Waals surface area contributed by atoms with E-state index in [0.29, 0.717) is 17.6 Å². The third kappa shape index (κ3) is 3.21. The Morgan fingerprint density at radius 1 is 1.16 bits per heavy atom. The molecule has 5 nitrogen and oxygen atoms in total. The van der Waals surface area contributed by atoms with Crippen molar-refractivity contribution in [2.75, 3.05) is 25.5 Å². The number of nitriles is 1. The van der Waals surface area contributed by atoms with Crippen LogP contribution in [0.1, 0.15) is 35.1 Å². The van der Waals surface area contributed by atoms with Crippen molar-refractivity contribution in [1.29, 1.82) is 5.26 Å². The van der Waals surface area contributed by atoms with E-state index < -0.39 is 0 Å². The molecule has 1 aliphatic heterocycles. The largest absolute Gasteiger partial charge is 0.342 e. The van der Waals surface area contributed by atoms with Gasteiger partial charge in [-0.2, -0.15) is 5.26 Å². The molecule has 1 atom stereocenters. The van der Waals surface area contributed by atoms with Crippen molar-refractivity contribution in [3.63, 3.8) is 0 Å². The SMILES string of the molecule is Cc1c(Cc2ccc(F)cc2)c(N2CCCC2N(C)C)n2c(nc3ccccc32)c1C#N. The summed E-state index contributed by atoms with van der Waals surface area (Å²) >= 11 is 0. The van der Waals surface area contributed by atoms with Crippen molar-refractivity contribution >= 4 is 22.5 Å². The van der Waals surface area contributed by atoms with Gasteiger partial charge in [0.1, 0.15) is 17.7 Å². The zero-order chi connectivity index (χ0) is 22.4. The molecule has 6 heteroatoms. The molecule has 1 fully saturated rings. The van der Waals surface area contributed by atoms with Crippen molar-refractivity contribution < 1.29 is 4.39 Å². The van der Waals surface area contributed by atoms with Crippen LogP contribution in [-0.4, -0.2) is 41.1 Å². The van der Waals surface area contributed by atoms with Crippen molar-refractivity contribution in [1.82, 2.24) is 14.3 Å². The van der Waals surface area contributed by atoms with Crippen LogP contribution in [-0.2, 0) is 6.42 Å². The van der Waals surface area contributed by atoms with Gasteiger partial charge in [-0.05, 0) is 69.3 Å². The maximum absolute atomic E-state index is 13.6. The predicted molar refractivity (Wildman–Crippen MR) is 125 cm³/mol. The summed E-state index contributed by atoms with van der Waals surface area (Å²) in [5, 5.41) is 10.1. The third-order valence-electron chi connectivity index (χ3n) is 6.59. The van der Waals surface area contributed by atoms with E-state index in [0.717, 1.165) is 52.9 Å². The molecule has 2 aromatic carbocycles. The summed E-state index contributed by atoms with van der Waals surface area (Å²) in [5.74, 6) is 0.845. The number of hydrogen-bond acceptors (Lipinski definition) is 4. The highest BCUT2D eigenvalue weighted by atomic mass is 19.1. The number of halogens is 1. The highest BCUT2D eigenvalue weighted by Crippen LogP contribution is 2.38. The molecule has 1 unspecified atom stereocenters. The standard InChI is InChI=1S/C26H26FN5/c1-17-20(15-18-10-12-19(27)13-11-18)26(31-14-6-9-24(31)30(2)3)32-23-8-5-4-7-22(23)29-25(32)21(17)16-28/h4-5,7-8,10-13,24H,6,9,14-15H2,1-3H3. The summed E-state index contributed by atoms with van der Waals surface area (Å²) in [5.41, 5.74) is 6.24. The van der Waals surface area contributed by atoms with Gasteiger partial charge in [0.2, 0.25) is 0 Å². The van der Waals surface area contributed by atoms with E-state index in [4.69, 9.17) is 4.98 Å². The Labute approximate surface area is 187 Å². The molecule has 0 aliphatic carbocycles. The first-order valence-electron chi connectivity index (χ1n) is 11.0. The molecule has 1 saturated heterocycles. The summed E-state index contributed by atoms with van der Waals surface area (Å²) < 4.78 is 15.7. The summed E-state index contributed by atoms with van der Waals surface area (Å²) in [6.07, 6.45) is 3.07. The van der Waals surface area contributed by atoms with Crippen LogP contribution in [0.5, 0.6) is 0 Å². The van der Waals surface area contributed by atoms with Gasteiger partial charge in [-0.25, -0.2) is 9.37 Å². The molecule has 0 saturated carbocycles. The number of para-hydroxylation sites is 2. The van der Waals surface area contributed by atoms with E-state index in [9.17, 15) is 9.65 Å². The first-order chi connectivity index (χ1) is 15.5. The Hall–Kier alpha value is -3.43. The minimum atomic E-state index is -0.244. The zero-order valence-electron chi connectivity index (χ0n) is 18.6. The van der Waals surface area contributed by atoms with Crippen molar-refractivity contribution in [2.24, 2.45) is 0 Å². The van der Waals surface area contributed by atoms with Crippen LogP contribution in [0.15, 0.2) is 48.5 Å². The third-order valence-corrected chi connectivity index (χ3v) is 6.59. The zero-order valence-corrected chi connectivity index (χ0v) is 18.6. The Kier molecular flexibility index (Phi) is 5.07. The monoisotopic (exact) mass is 427 g/mol. The number of rotatable bonds is 4. The van der Waals surface area contributed by atoms with Gasteiger partial charge in [-0.1, -0.05) is 24.3 Å². The molecule has 32 heavy (non-hydrogen) atoms. The minimum absolute atomic E-state index is 0.244. The highest BCUT2D eigenvalue weighted by Gasteiger charge is 2.32. The van der Waals surface area contributed by atoms with E-state index >= 15 is 0 Å². The molecule has 4 aromatic rings. The van der Waals surface area contributed by atoms with Crippen LogP contribution in [0.2, 0.25) is 0 Å². The number of anilines is 1. The second-order valence-corrected chi connectivity index (χ2v) is 8.76. The quantitative estimate of drug-likeness (QED) is 0.466. The lowest BCUT2D eigenvalue weighted by Crippen LogP contribution is -2.42. The minimum Gasteiger partial charge on any atom is -0.342 e. The summed E-state index contributed by atoms with van der Waals surface area (Å²) in [7, 11) is 4.23. The summed E-state index contributed by atoms with van der Waals surface area (Å²) in [6.45, 7) is 2.95. The number of fused-ring (bicyclic) bond motifs is 3. The Morgan fingerprint density at radius 2 is 1.91 bits per heavy atom. The molecule has 0 bridgehead atoms. The number of aromatic nitrogens is 2. The van der Waals surface area contributed by atoms with E-state index in [2.05, 4.69) is 40.4 Å². The molecule has 1 aliphatic rings. The normalized spacial score (nSPS) is 16.4. The molecule has 0 spiro atoms. The lowest BCUT2D eigenvalue weighted by atomic mass is 9.97. The van der Waals surface area contributed by atoms with Crippen molar-refractivity contribution in [3.8, 4) is 6.07 Å². The van der Waals surface area contributed by atoms with Crippen LogP contribution < -0.4 is 4.90 Å². The molecule has 0 N–H and O–H groups in total. The average Bonchev–Trinajstić information content (AvgIpc) is 3.41. The molecule has 3 heterocycles. The molecule has 0 amide bonds. The van der Waals surface area contributed by atoms with Crippen LogP contribution in [0.25, 0.3) is 16.7 Å². The van der Waals surface area contributed by atoms with Crippen molar-refractivity contribution in [3.05, 3.63) is 76.6 Å². The molecule has 162 valence electrons. The van der Waals surface area contributed by atoms with Crippen molar-refractivity contribution in [2.45, 2.75) is 32.4 Å². The number of pyridine rings is 1. The Morgan fingerprint density at radius 3 is 2.62 bits per heavy atom. The fourth-order valence-corrected chi connectivity index (χ4v) is 5.02. The first kappa shape index (κ1) is 20.5. The highest BCUT2D eigenvalue weighted by molar-refractivity contribution is 5.86. The average molecular weight is 428 g/mol. The fourth-order valence-electron chi connectivity index (χ4n) is 5.02. The Bertz CT molecular complexity index is 1350. The Balaban J connectivity index is 1.86. The molecule has 2 aromatic heterocycles. The smallest absolute Gasteiger partial charge is 0.157 e. The first-order valence-corrected chi connectivity index (χ1v) is 11.0. The van der Waals surface area contributed by atoms with E-state index in [1.807, 2.05) is 37.3 Å². The van der Waals surface area contributed by atoms with Gasteiger partial charge in [0, 0.05) is 18.5 Å². The second kappa shape index (κ2) is 7.92. The maximum Gasteiger partial charge on any atom is 0.157 e. The van der Waals surface area contributed by atoms with Gasteiger partial charge < -0.3 is 4.90 Å². The summed E-state index contributed by atoms with van der Waals surface area (Å²) in [6, 6.07) is 17.1. The second-order valence-electron chi connectivity index (χ2n) is 8.76. The van der Waals surface area contributed by atoms with Gasteiger partial charge in [-0.15, -0.1) is 0 Å². The fraction of sp³-hybridized carbons (Fsp3) is 0.308. The number of benzene rings is 2. The maximum atomic E-state index is 13.6. The van der Waals surface area contributed by atoms with Crippen LogP contribution in [0.4, 0.5) is 10.2 Å². The molecule has 5 rings (SSSR count). The lowest BCUT2D eigenvalue weighted by Gasteiger charge is -2.34. The van der Waals surface area contributed by atoms with E-state index in [1.54, 1.807) is 0 Å². The topological polar surface area (TPSA) is 47.6 Å². The molecular formula is C26H26FN5. The van der Waals surface area contributed by atoms with Gasteiger partial charge in [0.15, 0.2) is 5.65 Å². The van der Waals surface area contributed by atoms with Crippen LogP contribution in [0, 0.1) is 24.1 Å². The van der Waals surface area contributed by atoms with Gasteiger partial charge in [0.05, 0.1) is 22.8 Å². The van der Waals surface area contributed by atoms with E-state index in [-0.39, 0.29) is 12.0 Å². The predicted octanol–water partition coefficient (Wildman–Crippen LogP) is 4.89.